The number of aliphatic carboxylic acids is 1. The van der Waals surface area contributed by atoms with Gasteiger partial charge in [0.2, 0.25) is 11.6 Å². The fourth-order valence-electron chi connectivity index (χ4n) is 4.43. The molecule has 1 aliphatic heterocycles. The highest BCUT2D eigenvalue weighted by atomic mass is 19.4. The number of morpholine rings is 1. The number of carbonyl (C=O) groups is 1. The minimum absolute atomic E-state index is 0.0199. The molecule has 2 aromatic heterocycles. The molecule has 0 radical (unpaired) electrons. The summed E-state index contributed by atoms with van der Waals surface area (Å²) in [5.41, 5.74) is -0.286. The molecule has 0 amide bonds. The maximum absolute atomic E-state index is 14.0. The van der Waals surface area contributed by atoms with Crippen LogP contribution < -0.4 is 0 Å². The summed E-state index contributed by atoms with van der Waals surface area (Å²) in [6.07, 6.45) is -5.80. The fraction of sp³-hybridized carbons (Fsp3) is 0.308. The van der Waals surface area contributed by atoms with Crippen molar-refractivity contribution in [1.82, 2.24) is 20.2 Å². The van der Waals surface area contributed by atoms with Crippen LogP contribution in [0.4, 0.5) is 13.2 Å². The first-order chi connectivity index (χ1) is 18.7. The Labute approximate surface area is 219 Å². The van der Waals surface area contributed by atoms with Crippen molar-refractivity contribution in [3.63, 3.8) is 0 Å². The highest BCUT2D eigenvalue weighted by Gasteiger charge is 2.43. The van der Waals surface area contributed by atoms with Crippen LogP contribution in [0.3, 0.4) is 0 Å². The SMILES string of the molecule is O=C(O)CC1COCCN1CC(O)c1ccc(-c2noc(-c3onc(-c4ccccc4)c3C(F)(F)F)n2)cc1. The summed E-state index contributed by atoms with van der Waals surface area (Å²) in [6, 6.07) is 13.9. The van der Waals surface area contributed by atoms with Crippen LogP contribution >= 0.6 is 0 Å². The van der Waals surface area contributed by atoms with Crippen molar-refractivity contribution in [2.45, 2.75) is 24.7 Å². The molecule has 13 heteroatoms. The Morgan fingerprint density at radius 3 is 2.49 bits per heavy atom. The van der Waals surface area contributed by atoms with Crippen molar-refractivity contribution in [2.24, 2.45) is 0 Å². The predicted octanol–water partition coefficient (Wildman–Crippen LogP) is 4.29. The monoisotopic (exact) mass is 544 g/mol. The fourth-order valence-corrected chi connectivity index (χ4v) is 4.43. The van der Waals surface area contributed by atoms with Crippen molar-refractivity contribution in [3.05, 3.63) is 65.7 Å². The highest BCUT2D eigenvalue weighted by Crippen LogP contribution is 2.43. The van der Waals surface area contributed by atoms with E-state index < -0.39 is 35.5 Å². The average molecular weight is 544 g/mol. The quantitative estimate of drug-likeness (QED) is 0.331. The predicted molar refractivity (Wildman–Crippen MR) is 129 cm³/mol. The molecule has 10 nitrogen and oxygen atoms in total. The van der Waals surface area contributed by atoms with Crippen LogP contribution in [0.5, 0.6) is 0 Å². The molecule has 0 saturated carbocycles. The molecule has 2 atom stereocenters. The number of hydrogen-bond acceptors (Lipinski definition) is 9. The number of aliphatic hydroxyl groups excluding tert-OH is 1. The van der Waals surface area contributed by atoms with E-state index in [2.05, 4.69) is 15.3 Å². The van der Waals surface area contributed by atoms with Crippen molar-refractivity contribution < 1.29 is 42.0 Å². The number of alkyl halides is 3. The number of hydrogen-bond donors (Lipinski definition) is 2. The number of carboxylic acids is 1. The molecule has 39 heavy (non-hydrogen) atoms. The molecule has 0 spiro atoms. The van der Waals surface area contributed by atoms with Crippen molar-refractivity contribution in [2.75, 3.05) is 26.3 Å². The number of nitrogens with zero attached hydrogens (tertiary/aromatic N) is 4. The number of carboxylic acid groups (broad SMARTS) is 1. The third-order valence-corrected chi connectivity index (χ3v) is 6.36. The lowest BCUT2D eigenvalue weighted by Crippen LogP contribution is -2.48. The largest absolute Gasteiger partial charge is 0.481 e. The lowest BCUT2D eigenvalue weighted by molar-refractivity contribution is -0.140. The Morgan fingerprint density at radius 2 is 1.79 bits per heavy atom. The lowest BCUT2D eigenvalue weighted by atomic mass is 10.0. The molecule has 2 N–H and O–H groups in total. The van der Waals surface area contributed by atoms with Gasteiger partial charge in [-0.1, -0.05) is 64.9 Å². The Balaban J connectivity index is 1.34. The van der Waals surface area contributed by atoms with Crippen LogP contribution in [0.15, 0.2) is 63.6 Å². The van der Waals surface area contributed by atoms with Gasteiger partial charge in [0.05, 0.1) is 25.7 Å². The summed E-state index contributed by atoms with van der Waals surface area (Å²) in [7, 11) is 0. The van der Waals surface area contributed by atoms with E-state index in [0.29, 0.717) is 24.3 Å². The number of rotatable bonds is 8. The van der Waals surface area contributed by atoms with Gasteiger partial charge in [0.15, 0.2) is 0 Å². The number of aliphatic hydroxyl groups is 1. The summed E-state index contributed by atoms with van der Waals surface area (Å²) in [5.74, 6) is -2.09. The molecule has 3 heterocycles. The second kappa shape index (κ2) is 11.0. The minimum Gasteiger partial charge on any atom is -0.481 e. The van der Waals surface area contributed by atoms with Crippen LogP contribution in [-0.4, -0.2) is 68.7 Å². The number of β-amino-alcohol motifs (C(OH)–C–C–N with tert-alkyl or cyclic N) is 1. The number of ether oxygens (including phenoxy) is 1. The number of benzene rings is 2. The van der Waals surface area contributed by atoms with Crippen LogP contribution in [0, 0.1) is 0 Å². The first-order valence-electron chi connectivity index (χ1n) is 12.0. The normalized spacial score (nSPS) is 17.3. The van der Waals surface area contributed by atoms with Crippen molar-refractivity contribution in [1.29, 1.82) is 0 Å². The average Bonchev–Trinajstić information content (AvgIpc) is 3.58. The van der Waals surface area contributed by atoms with Crippen LogP contribution in [0.25, 0.3) is 34.3 Å². The molecule has 1 fully saturated rings. The first kappa shape index (κ1) is 26.5. The Hall–Kier alpha value is -4.07. The van der Waals surface area contributed by atoms with Gasteiger partial charge in [0.25, 0.3) is 5.89 Å². The van der Waals surface area contributed by atoms with Gasteiger partial charge in [0, 0.05) is 30.3 Å². The van der Waals surface area contributed by atoms with Crippen LogP contribution in [0.1, 0.15) is 23.7 Å². The van der Waals surface area contributed by atoms with Gasteiger partial charge >= 0.3 is 12.1 Å². The maximum Gasteiger partial charge on any atom is 0.422 e. The molecule has 2 aromatic carbocycles. The van der Waals surface area contributed by atoms with E-state index in [0.717, 1.165) is 0 Å². The standard InChI is InChI=1S/C26H23F3N4O6/c27-26(28,29)21-22(16-4-2-1-3-5-16)31-38-23(21)25-30-24(32-39-25)17-8-6-15(7-9-17)19(34)13-33-10-11-37-14-18(33)12-20(35)36/h1-9,18-19,34H,10-14H2,(H,35,36). The van der Waals surface area contributed by atoms with Gasteiger partial charge < -0.3 is 24.0 Å². The van der Waals surface area contributed by atoms with E-state index in [1.165, 1.54) is 12.1 Å². The molecular formula is C26H23F3N4O6. The highest BCUT2D eigenvalue weighted by molar-refractivity contribution is 5.71. The van der Waals surface area contributed by atoms with Crippen molar-refractivity contribution in [3.8, 4) is 34.3 Å². The van der Waals surface area contributed by atoms with E-state index >= 15 is 0 Å². The molecular weight excluding hydrogens is 521 g/mol. The molecule has 5 rings (SSSR count). The summed E-state index contributed by atoms with van der Waals surface area (Å²) in [6.45, 7) is 1.41. The third kappa shape index (κ3) is 5.85. The molecule has 1 aliphatic rings. The zero-order valence-corrected chi connectivity index (χ0v) is 20.3. The number of aromatic nitrogens is 3. The second-order valence-electron chi connectivity index (χ2n) is 8.98. The summed E-state index contributed by atoms with van der Waals surface area (Å²) < 4.78 is 57.4. The van der Waals surface area contributed by atoms with Crippen LogP contribution in [-0.2, 0) is 15.7 Å². The van der Waals surface area contributed by atoms with Gasteiger partial charge in [-0.25, -0.2) is 0 Å². The molecule has 4 aromatic rings. The van der Waals surface area contributed by atoms with E-state index in [9.17, 15) is 23.1 Å². The lowest BCUT2D eigenvalue weighted by Gasteiger charge is -2.36. The topological polar surface area (TPSA) is 135 Å². The van der Waals surface area contributed by atoms with Crippen LogP contribution in [0.2, 0.25) is 0 Å². The zero-order chi connectivity index (χ0) is 27.6. The summed E-state index contributed by atoms with van der Waals surface area (Å²) in [5, 5.41) is 27.3. The maximum atomic E-state index is 14.0. The van der Waals surface area contributed by atoms with E-state index in [4.69, 9.17) is 18.9 Å². The van der Waals surface area contributed by atoms with Gasteiger partial charge in [0.1, 0.15) is 11.3 Å². The smallest absolute Gasteiger partial charge is 0.422 e. The van der Waals surface area contributed by atoms with Crippen molar-refractivity contribution >= 4 is 5.97 Å². The van der Waals surface area contributed by atoms with Gasteiger partial charge in [-0.3, -0.25) is 9.69 Å². The minimum atomic E-state index is -4.79. The summed E-state index contributed by atoms with van der Waals surface area (Å²) >= 11 is 0. The Kier molecular flexibility index (Phi) is 7.46. The Morgan fingerprint density at radius 1 is 1.05 bits per heavy atom. The van der Waals surface area contributed by atoms with Gasteiger partial charge in [-0.15, -0.1) is 0 Å². The molecule has 2 unspecified atom stereocenters. The Bertz CT molecular complexity index is 1420. The van der Waals surface area contributed by atoms with Gasteiger partial charge in [-0.2, -0.15) is 18.2 Å². The molecule has 1 saturated heterocycles. The van der Waals surface area contributed by atoms with E-state index in [-0.39, 0.29) is 42.7 Å². The van der Waals surface area contributed by atoms with Gasteiger partial charge in [-0.05, 0) is 5.56 Å². The second-order valence-corrected chi connectivity index (χ2v) is 8.98. The van der Waals surface area contributed by atoms with E-state index in [1.54, 1.807) is 42.5 Å². The molecule has 0 aliphatic carbocycles. The third-order valence-electron chi connectivity index (χ3n) is 6.36. The number of halogens is 3. The van der Waals surface area contributed by atoms with E-state index in [1.807, 2.05) is 4.90 Å². The molecule has 0 bridgehead atoms. The molecule has 204 valence electrons. The summed E-state index contributed by atoms with van der Waals surface area (Å²) in [4.78, 5) is 17.1. The first-order valence-corrected chi connectivity index (χ1v) is 12.0. The zero-order valence-electron chi connectivity index (χ0n) is 20.3.